The molecule has 0 fully saturated rings. The van der Waals surface area contributed by atoms with E-state index in [9.17, 15) is 0 Å². The summed E-state index contributed by atoms with van der Waals surface area (Å²) in [6.45, 7) is 2.20. The van der Waals surface area contributed by atoms with E-state index in [2.05, 4.69) is 183 Å². The van der Waals surface area contributed by atoms with Crippen LogP contribution < -0.4 is 0 Å². The minimum atomic E-state index is 1.23. The molecule has 0 heteroatoms. The number of rotatable bonds is 3. The standard InChI is InChI=1S/C49H32/c1-31-26-36(28-37(27-31)35-23-25-47-43-15-5-3-11-39(43)41-13-7-9-17-45(41)49(47)30-35)33-20-18-32(19-21-33)34-22-24-46-42-14-4-2-10-38(42)40-12-6-8-16-44(40)48(46)29-34/h2-30H,1H3. The molecule has 0 aliphatic heterocycles. The van der Waals surface area contributed by atoms with Gasteiger partial charge in [0, 0.05) is 0 Å². The average molecular weight is 621 g/mol. The van der Waals surface area contributed by atoms with Gasteiger partial charge in [-0.05, 0) is 129 Å². The highest BCUT2D eigenvalue weighted by atomic mass is 14.2. The first-order chi connectivity index (χ1) is 24.2. The number of hydrogen-bond donors (Lipinski definition) is 0. The van der Waals surface area contributed by atoms with Gasteiger partial charge in [-0.2, -0.15) is 0 Å². The third-order valence-corrected chi connectivity index (χ3v) is 10.5. The van der Waals surface area contributed by atoms with Crippen molar-refractivity contribution >= 4 is 64.6 Å². The third kappa shape index (κ3) is 4.45. The highest BCUT2D eigenvalue weighted by Crippen LogP contribution is 2.40. The van der Waals surface area contributed by atoms with Crippen molar-refractivity contribution in [2.24, 2.45) is 0 Å². The fourth-order valence-electron chi connectivity index (χ4n) is 8.15. The Hall–Kier alpha value is -6.24. The second-order valence-electron chi connectivity index (χ2n) is 13.4. The lowest BCUT2D eigenvalue weighted by Crippen LogP contribution is -1.88. The van der Waals surface area contributed by atoms with Crippen LogP contribution in [0, 0.1) is 6.92 Å². The Labute approximate surface area is 285 Å². The molecule has 10 aromatic rings. The van der Waals surface area contributed by atoms with Crippen LogP contribution in [-0.2, 0) is 0 Å². The van der Waals surface area contributed by atoms with Crippen molar-refractivity contribution in [1.82, 2.24) is 0 Å². The van der Waals surface area contributed by atoms with E-state index in [0.717, 1.165) is 0 Å². The van der Waals surface area contributed by atoms with Crippen molar-refractivity contribution in [3.63, 3.8) is 0 Å². The van der Waals surface area contributed by atoms with Crippen molar-refractivity contribution < 1.29 is 0 Å². The molecule has 0 saturated heterocycles. The van der Waals surface area contributed by atoms with Gasteiger partial charge in [0.2, 0.25) is 0 Å². The molecule has 0 N–H and O–H groups in total. The minimum Gasteiger partial charge on any atom is -0.0616 e. The van der Waals surface area contributed by atoms with Gasteiger partial charge in [-0.25, -0.2) is 0 Å². The molecule has 49 heavy (non-hydrogen) atoms. The Morgan fingerprint density at radius 1 is 0.204 bits per heavy atom. The molecule has 0 saturated carbocycles. The van der Waals surface area contributed by atoms with Gasteiger partial charge in [0.15, 0.2) is 0 Å². The van der Waals surface area contributed by atoms with E-state index in [1.807, 2.05) is 0 Å². The molecule has 0 unspecified atom stereocenters. The molecule has 0 aliphatic carbocycles. The van der Waals surface area contributed by atoms with Crippen LogP contribution in [-0.4, -0.2) is 0 Å². The highest BCUT2D eigenvalue weighted by Gasteiger charge is 2.12. The van der Waals surface area contributed by atoms with Gasteiger partial charge in [0.25, 0.3) is 0 Å². The normalized spacial score (nSPS) is 11.8. The number of hydrogen-bond acceptors (Lipinski definition) is 0. The topological polar surface area (TPSA) is 0 Å². The van der Waals surface area contributed by atoms with Crippen LogP contribution >= 0.6 is 0 Å². The van der Waals surface area contributed by atoms with Crippen LogP contribution in [0.3, 0.4) is 0 Å². The first-order valence-corrected chi connectivity index (χ1v) is 17.1. The van der Waals surface area contributed by atoms with E-state index >= 15 is 0 Å². The molecule has 0 heterocycles. The zero-order valence-corrected chi connectivity index (χ0v) is 27.2. The van der Waals surface area contributed by atoms with Gasteiger partial charge in [-0.3, -0.25) is 0 Å². The van der Waals surface area contributed by atoms with Crippen LogP contribution in [0.5, 0.6) is 0 Å². The van der Waals surface area contributed by atoms with Crippen LogP contribution in [0.2, 0.25) is 0 Å². The first kappa shape index (κ1) is 27.8. The molecule has 10 rings (SSSR count). The van der Waals surface area contributed by atoms with Crippen LogP contribution in [0.1, 0.15) is 5.56 Å². The lowest BCUT2D eigenvalue weighted by atomic mass is 9.90. The zero-order chi connectivity index (χ0) is 32.5. The zero-order valence-electron chi connectivity index (χ0n) is 27.2. The van der Waals surface area contributed by atoms with Crippen molar-refractivity contribution in [3.8, 4) is 33.4 Å². The van der Waals surface area contributed by atoms with E-state index in [1.165, 1.54) is 104 Å². The van der Waals surface area contributed by atoms with Gasteiger partial charge in [-0.15, -0.1) is 0 Å². The number of benzene rings is 10. The van der Waals surface area contributed by atoms with Gasteiger partial charge in [0.05, 0.1) is 0 Å². The van der Waals surface area contributed by atoms with Crippen molar-refractivity contribution in [2.75, 3.05) is 0 Å². The van der Waals surface area contributed by atoms with Crippen molar-refractivity contribution in [1.29, 1.82) is 0 Å². The van der Waals surface area contributed by atoms with E-state index < -0.39 is 0 Å². The molecule has 0 radical (unpaired) electrons. The summed E-state index contributed by atoms with van der Waals surface area (Å²) in [5.74, 6) is 0. The van der Waals surface area contributed by atoms with Crippen molar-refractivity contribution in [2.45, 2.75) is 6.92 Å². The summed E-state index contributed by atoms with van der Waals surface area (Å²) in [6.07, 6.45) is 0. The smallest absolute Gasteiger partial charge is 0.00928 e. The monoisotopic (exact) mass is 620 g/mol. The Morgan fingerprint density at radius 2 is 0.469 bits per heavy atom. The molecular weight excluding hydrogens is 589 g/mol. The highest BCUT2D eigenvalue weighted by molar-refractivity contribution is 6.27. The van der Waals surface area contributed by atoms with Crippen molar-refractivity contribution in [3.05, 3.63) is 181 Å². The average Bonchev–Trinajstić information content (AvgIpc) is 3.17. The van der Waals surface area contributed by atoms with Crippen LogP contribution in [0.15, 0.2) is 176 Å². The van der Waals surface area contributed by atoms with E-state index in [0.29, 0.717) is 0 Å². The van der Waals surface area contributed by atoms with Gasteiger partial charge < -0.3 is 0 Å². The molecule has 0 aromatic heterocycles. The molecule has 0 spiro atoms. The maximum atomic E-state index is 2.39. The first-order valence-electron chi connectivity index (χ1n) is 17.1. The molecule has 0 nitrogen and oxygen atoms in total. The predicted octanol–water partition coefficient (Wildman–Crippen LogP) is 13.9. The quantitative estimate of drug-likeness (QED) is 0.172. The largest absolute Gasteiger partial charge is 0.0616 e. The Balaban J connectivity index is 1.05. The number of aryl methyl sites for hydroxylation is 1. The minimum absolute atomic E-state index is 1.23. The predicted molar refractivity (Wildman–Crippen MR) is 213 cm³/mol. The summed E-state index contributed by atoms with van der Waals surface area (Å²) in [7, 11) is 0. The van der Waals surface area contributed by atoms with E-state index in [1.54, 1.807) is 0 Å². The maximum absolute atomic E-state index is 2.39. The summed E-state index contributed by atoms with van der Waals surface area (Å²) in [5.41, 5.74) is 8.67. The summed E-state index contributed by atoms with van der Waals surface area (Å²) < 4.78 is 0. The van der Waals surface area contributed by atoms with Crippen LogP contribution in [0.4, 0.5) is 0 Å². The Kier molecular flexibility index (Phi) is 6.19. The molecular formula is C49H32. The number of fused-ring (bicyclic) bond motifs is 12. The molecule has 228 valence electrons. The summed E-state index contributed by atoms with van der Waals surface area (Å²) in [5, 5.41) is 15.7. The fraction of sp³-hybridized carbons (Fsp3) is 0.0204. The molecule has 0 atom stereocenters. The van der Waals surface area contributed by atoms with E-state index in [4.69, 9.17) is 0 Å². The molecule has 0 amide bonds. The Morgan fingerprint density at radius 3 is 0.857 bits per heavy atom. The van der Waals surface area contributed by atoms with Gasteiger partial charge in [0.1, 0.15) is 0 Å². The SMILES string of the molecule is Cc1cc(-c2ccc(-c3ccc4c5ccccc5c5ccccc5c4c3)cc2)cc(-c2ccc3c4ccccc4c4ccccc4c3c2)c1. The summed E-state index contributed by atoms with van der Waals surface area (Å²) in [4.78, 5) is 0. The molecule has 0 bridgehead atoms. The summed E-state index contributed by atoms with van der Waals surface area (Å²) >= 11 is 0. The molecule has 0 aliphatic rings. The third-order valence-electron chi connectivity index (χ3n) is 10.5. The van der Waals surface area contributed by atoms with E-state index in [-0.39, 0.29) is 0 Å². The van der Waals surface area contributed by atoms with Gasteiger partial charge in [-0.1, -0.05) is 158 Å². The van der Waals surface area contributed by atoms with Gasteiger partial charge >= 0.3 is 0 Å². The lowest BCUT2D eigenvalue weighted by molar-refractivity contribution is 1.46. The fourth-order valence-corrected chi connectivity index (χ4v) is 8.15. The second kappa shape index (κ2) is 10.9. The lowest BCUT2D eigenvalue weighted by Gasteiger charge is -2.14. The second-order valence-corrected chi connectivity index (χ2v) is 13.4. The molecule has 10 aromatic carbocycles. The maximum Gasteiger partial charge on any atom is -0.00928 e. The van der Waals surface area contributed by atoms with Crippen LogP contribution in [0.25, 0.3) is 98.0 Å². The Bertz CT molecular complexity index is 2860. The summed E-state index contributed by atoms with van der Waals surface area (Å²) in [6, 6.07) is 65.1.